The van der Waals surface area contributed by atoms with Gasteiger partial charge in [0.2, 0.25) is 0 Å². The highest BCUT2D eigenvalue weighted by molar-refractivity contribution is 7.47. The van der Waals surface area contributed by atoms with Crippen LogP contribution in [0, 0.1) is 0 Å². The van der Waals surface area contributed by atoms with E-state index in [0.717, 1.165) is 51.4 Å². The number of hydrogen-bond acceptors (Lipinski definition) is 13. The molecule has 0 heterocycles. The van der Waals surface area contributed by atoms with Crippen LogP contribution in [0.2, 0.25) is 0 Å². The average molecular weight is 939 g/mol. The third-order valence-corrected chi connectivity index (χ3v) is 11.9. The first-order valence-electron chi connectivity index (χ1n) is 23.2. The molecule has 16 nitrogen and oxygen atoms in total. The molecule has 0 amide bonds. The Bertz CT molecular complexity index is 1420. The second kappa shape index (κ2) is 36.1. The van der Waals surface area contributed by atoms with Gasteiger partial charge in [-0.05, 0) is 51.4 Å². The minimum atomic E-state index is -5.37. The zero-order valence-corrected chi connectivity index (χ0v) is 39.5. The summed E-state index contributed by atoms with van der Waals surface area (Å²) < 4.78 is 49.3. The fourth-order valence-corrected chi connectivity index (χ4v) is 8.32. The van der Waals surface area contributed by atoms with Gasteiger partial charge in [-0.2, -0.15) is 0 Å². The summed E-state index contributed by atoms with van der Waals surface area (Å²) >= 11 is 0. The van der Waals surface area contributed by atoms with E-state index in [1.165, 1.54) is 70.6 Å². The maximum Gasteiger partial charge on any atom is 0.472 e. The van der Waals surface area contributed by atoms with Crippen molar-refractivity contribution in [2.75, 3.05) is 13.2 Å². The summed E-state index contributed by atoms with van der Waals surface area (Å²) in [6, 6.07) is 0. The number of phosphoric acid groups is 2. The van der Waals surface area contributed by atoms with E-state index in [4.69, 9.17) is 28.3 Å². The number of allylic oxidation sites excluding steroid dienone is 8. The lowest BCUT2D eigenvalue weighted by Crippen LogP contribution is -2.64. The standard InChI is InChI=1S/C45H80O16P2/c1-3-5-7-9-11-13-15-17-18-19-20-22-23-25-27-29-31-33-38(46)57-35-37(59-39(47)34-32-30-28-26-24-21-16-14-12-10-8-6-4-2)36-58-63(55,56)61-45-42(50)40(48)41(49)44(43(45)51)60-62(52,53)54/h11,13,17-18,20,22,25,27,37,40-45,48-51H,3-10,12,14-16,19,21,23-24,26,28-36H2,1-2H3,(H,55,56)(H2,52,53,54)/b13-11-,18-17-,22-20-,27-25-/t37-,40?,41?,42?,43?,44-,45+/m1/s1. The monoisotopic (exact) mass is 938 g/mol. The molecule has 0 bridgehead atoms. The molecule has 0 aliphatic heterocycles. The zero-order chi connectivity index (χ0) is 46.8. The molecule has 1 fully saturated rings. The van der Waals surface area contributed by atoms with Gasteiger partial charge in [-0.25, -0.2) is 9.13 Å². The maximum absolute atomic E-state index is 13.0. The second-order valence-electron chi connectivity index (χ2n) is 16.1. The molecule has 1 aliphatic carbocycles. The molecule has 5 unspecified atom stereocenters. The zero-order valence-electron chi connectivity index (χ0n) is 37.7. The van der Waals surface area contributed by atoms with Crippen molar-refractivity contribution in [2.24, 2.45) is 0 Å². The van der Waals surface area contributed by atoms with Gasteiger partial charge in [0.15, 0.2) is 6.10 Å². The lowest BCUT2D eigenvalue weighted by molar-refractivity contribution is -0.216. The largest absolute Gasteiger partial charge is 0.472 e. The number of aliphatic hydroxyl groups is 4. The second-order valence-corrected chi connectivity index (χ2v) is 18.7. The molecule has 63 heavy (non-hydrogen) atoms. The molecular formula is C45H80O16P2. The molecule has 1 saturated carbocycles. The number of phosphoric ester groups is 2. The van der Waals surface area contributed by atoms with Gasteiger partial charge < -0.3 is 44.6 Å². The molecule has 366 valence electrons. The Morgan fingerprint density at radius 1 is 0.508 bits per heavy atom. The van der Waals surface area contributed by atoms with Crippen molar-refractivity contribution in [1.29, 1.82) is 0 Å². The summed E-state index contributed by atoms with van der Waals surface area (Å²) in [6.07, 6.45) is 25.1. The Balaban J connectivity index is 2.64. The van der Waals surface area contributed by atoms with Gasteiger partial charge in [-0.15, -0.1) is 0 Å². The molecule has 1 rings (SSSR count). The summed E-state index contributed by atoms with van der Waals surface area (Å²) in [5.41, 5.74) is 0. The van der Waals surface area contributed by atoms with Crippen molar-refractivity contribution in [3.8, 4) is 0 Å². The summed E-state index contributed by atoms with van der Waals surface area (Å²) in [7, 11) is -10.7. The summed E-state index contributed by atoms with van der Waals surface area (Å²) in [5.74, 6) is -1.27. The van der Waals surface area contributed by atoms with Crippen molar-refractivity contribution >= 4 is 27.6 Å². The van der Waals surface area contributed by atoms with Crippen molar-refractivity contribution in [3.63, 3.8) is 0 Å². The Morgan fingerprint density at radius 3 is 1.44 bits per heavy atom. The van der Waals surface area contributed by atoms with Crippen LogP contribution in [0.15, 0.2) is 48.6 Å². The topological polar surface area (TPSA) is 256 Å². The quantitative estimate of drug-likeness (QED) is 0.0132. The van der Waals surface area contributed by atoms with Gasteiger partial charge in [-0.3, -0.25) is 23.2 Å². The van der Waals surface area contributed by atoms with Crippen LogP contribution in [-0.2, 0) is 41.8 Å². The van der Waals surface area contributed by atoms with Crippen molar-refractivity contribution in [3.05, 3.63) is 48.6 Å². The Morgan fingerprint density at radius 2 is 0.937 bits per heavy atom. The maximum atomic E-state index is 13.0. The van der Waals surface area contributed by atoms with E-state index in [1.807, 2.05) is 12.2 Å². The van der Waals surface area contributed by atoms with E-state index >= 15 is 0 Å². The van der Waals surface area contributed by atoms with Gasteiger partial charge in [0, 0.05) is 12.8 Å². The van der Waals surface area contributed by atoms with Crippen LogP contribution >= 0.6 is 15.6 Å². The van der Waals surface area contributed by atoms with E-state index in [-0.39, 0.29) is 12.8 Å². The fourth-order valence-electron chi connectivity index (χ4n) is 6.78. The van der Waals surface area contributed by atoms with Crippen LogP contribution in [-0.4, -0.2) is 103 Å². The van der Waals surface area contributed by atoms with Gasteiger partial charge in [0.1, 0.15) is 43.2 Å². The van der Waals surface area contributed by atoms with Crippen LogP contribution in [0.25, 0.3) is 0 Å². The number of carbonyl (C=O) groups excluding carboxylic acids is 2. The predicted molar refractivity (Wildman–Crippen MR) is 241 cm³/mol. The van der Waals surface area contributed by atoms with E-state index in [2.05, 4.69) is 54.8 Å². The predicted octanol–water partition coefficient (Wildman–Crippen LogP) is 8.51. The first-order valence-corrected chi connectivity index (χ1v) is 26.2. The summed E-state index contributed by atoms with van der Waals surface area (Å²) in [5, 5.41) is 41.2. The molecule has 8 atom stereocenters. The minimum Gasteiger partial charge on any atom is -0.462 e. The van der Waals surface area contributed by atoms with Crippen LogP contribution in [0.3, 0.4) is 0 Å². The molecule has 18 heteroatoms. The molecule has 0 aromatic heterocycles. The van der Waals surface area contributed by atoms with E-state index in [1.54, 1.807) is 0 Å². The van der Waals surface area contributed by atoms with E-state index in [0.29, 0.717) is 19.3 Å². The van der Waals surface area contributed by atoms with Crippen molar-refractivity contribution < 1.29 is 76.9 Å². The SMILES string of the molecule is CCCCC/C=C\C/C=C\C/C=C\C/C=C\CCCC(=O)OC[C@H](COP(=O)(O)O[C@H]1C(O)C(O)C(O)[C@@H](OP(=O)(O)O)C1O)OC(=O)CCCCCCCCCCCCCCC. The molecule has 0 aromatic carbocycles. The van der Waals surface area contributed by atoms with Crippen LogP contribution in [0.4, 0.5) is 0 Å². The summed E-state index contributed by atoms with van der Waals surface area (Å²) in [4.78, 5) is 54.2. The average Bonchev–Trinajstić information content (AvgIpc) is 3.23. The number of esters is 2. The third-order valence-electron chi connectivity index (χ3n) is 10.4. The smallest absolute Gasteiger partial charge is 0.462 e. The highest BCUT2D eigenvalue weighted by atomic mass is 31.2. The van der Waals surface area contributed by atoms with Gasteiger partial charge in [0.25, 0.3) is 0 Å². The lowest BCUT2D eigenvalue weighted by Gasteiger charge is -2.43. The minimum absolute atomic E-state index is 0.0339. The number of carbonyl (C=O) groups is 2. The van der Waals surface area contributed by atoms with Gasteiger partial charge in [-0.1, -0.05) is 152 Å². The normalized spacial score (nSPS) is 22.4. The molecule has 1 aliphatic rings. The number of rotatable bonds is 38. The van der Waals surface area contributed by atoms with Crippen LogP contribution in [0.5, 0.6) is 0 Å². The summed E-state index contributed by atoms with van der Waals surface area (Å²) in [6.45, 7) is 3.02. The molecule has 0 spiro atoms. The lowest BCUT2D eigenvalue weighted by atomic mass is 9.85. The van der Waals surface area contributed by atoms with Crippen LogP contribution in [0.1, 0.15) is 168 Å². The van der Waals surface area contributed by atoms with Gasteiger partial charge >= 0.3 is 27.6 Å². The highest BCUT2D eigenvalue weighted by Gasteiger charge is 2.54. The van der Waals surface area contributed by atoms with Crippen molar-refractivity contribution in [1.82, 2.24) is 0 Å². The Hall–Kier alpha value is -2.04. The number of aliphatic hydroxyl groups excluding tert-OH is 4. The van der Waals surface area contributed by atoms with Crippen LogP contribution < -0.4 is 0 Å². The molecule has 0 radical (unpaired) electrons. The Labute approximate surface area is 376 Å². The number of unbranched alkanes of at least 4 members (excludes halogenated alkanes) is 16. The van der Waals surface area contributed by atoms with E-state index in [9.17, 15) is 44.0 Å². The molecular weight excluding hydrogens is 858 g/mol. The number of hydrogen-bond donors (Lipinski definition) is 7. The third kappa shape index (κ3) is 30.7. The molecule has 0 saturated heterocycles. The molecule has 7 N–H and O–H groups in total. The van der Waals surface area contributed by atoms with Gasteiger partial charge in [0.05, 0.1) is 6.61 Å². The fraction of sp³-hybridized carbons (Fsp3) is 0.778. The van der Waals surface area contributed by atoms with Crippen molar-refractivity contribution in [2.45, 2.75) is 211 Å². The number of ether oxygens (including phenoxy) is 2. The first kappa shape index (κ1) is 59.0. The highest BCUT2D eigenvalue weighted by Crippen LogP contribution is 2.49. The molecule has 0 aromatic rings. The van der Waals surface area contributed by atoms with E-state index < -0.39 is 83.5 Å². The Kier molecular flexibility index (Phi) is 33.8. The first-order chi connectivity index (χ1) is 30.1.